The quantitative estimate of drug-likeness (QED) is 0.854. The van der Waals surface area contributed by atoms with Crippen molar-refractivity contribution in [3.05, 3.63) is 48.3 Å². The molecule has 3 heterocycles. The molecule has 2 aromatic heterocycles. The summed E-state index contributed by atoms with van der Waals surface area (Å²) in [5, 5.41) is 0. The van der Waals surface area contributed by atoms with Crippen molar-refractivity contribution in [3.63, 3.8) is 0 Å². The standard InChI is InChI=1S/C14H13F3N4/c15-14(16,17)11-7-18-3-1-13(11)21-6-2-10(9-21)12-8-19-4-5-20-12/h1,3-5,7-8,10H,2,6,9H2/t10-/m0/s1. The lowest BCUT2D eigenvalue weighted by Gasteiger charge is -2.22. The van der Waals surface area contributed by atoms with E-state index in [0.717, 1.165) is 18.3 Å². The van der Waals surface area contributed by atoms with Crippen molar-refractivity contribution in [1.82, 2.24) is 15.0 Å². The normalized spacial score (nSPS) is 19.0. The molecule has 7 heteroatoms. The highest BCUT2D eigenvalue weighted by molar-refractivity contribution is 5.54. The summed E-state index contributed by atoms with van der Waals surface area (Å²) in [4.78, 5) is 13.6. The Hall–Kier alpha value is -2.18. The SMILES string of the molecule is FC(F)(F)c1cnccc1N1CC[C@H](c2cnccn2)C1. The van der Waals surface area contributed by atoms with Crippen LogP contribution in [0.25, 0.3) is 0 Å². The van der Waals surface area contributed by atoms with Gasteiger partial charge in [0.25, 0.3) is 0 Å². The minimum absolute atomic E-state index is 0.105. The van der Waals surface area contributed by atoms with Gasteiger partial charge in [-0.1, -0.05) is 0 Å². The van der Waals surface area contributed by atoms with Crippen LogP contribution in [0.2, 0.25) is 0 Å². The molecule has 0 saturated carbocycles. The van der Waals surface area contributed by atoms with Gasteiger partial charge in [0.1, 0.15) is 0 Å². The number of halogens is 3. The second-order valence-electron chi connectivity index (χ2n) is 4.95. The third-order valence-corrected chi connectivity index (χ3v) is 3.63. The number of anilines is 1. The van der Waals surface area contributed by atoms with E-state index in [1.165, 1.54) is 12.3 Å². The van der Waals surface area contributed by atoms with Crippen molar-refractivity contribution >= 4 is 5.69 Å². The van der Waals surface area contributed by atoms with E-state index < -0.39 is 11.7 Å². The highest BCUT2D eigenvalue weighted by Crippen LogP contribution is 2.38. The van der Waals surface area contributed by atoms with Crippen LogP contribution < -0.4 is 4.90 Å². The van der Waals surface area contributed by atoms with Crippen LogP contribution in [0.1, 0.15) is 23.6 Å². The molecule has 0 aromatic carbocycles. The fourth-order valence-corrected chi connectivity index (χ4v) is 2.62. The van der Waals surface area contributed by atoms with Gasteiger partial charge >= 0.3 is 6.18 Å². The average molecular weight is 294 g/mol. The van der Waals surface area contributed by atoms with Gasteiger partial charge in [-0.05, 0) is 12.5 Å². The van der Waals surface area contributed by atoms with Gasteiger partial charge in [-0.15, -0.1) is 0 Å². The van der Waals surface area contributed by atoms with Crippen molar-refractivity contribution in [2.24, 2.45) is 0 Å². The van der Waals surface area contributed by atoms with Crippen LogP contribution in [0, 0.1) is 0 Å². The number of rotatable bonds is 2. The fraction of sp³-hybridized carbons (Fsp3) is 0.357. The van der Waals surface area contributed by atoms with Gasteiger partial charge in [-0.3, -0.25) is 15.0 Å². The molecule has 0 bridgehead atoms. The molecule has 0 unspecified atom stereocenters. The van der Waals surface area contributed by atoms with Crippen LogP contribution in [0.4, 0.5) is 18.9 Å². The maximum atomic E-state index is 13.0. The summed E-state index contributed by atoms with van der Waals surface area (Å²) in [5.74, 6) is 0.105. The average Bonchev–Trinajstić information content (AvgIpc) is 2.97. The van der Waals surface area contributed by atoms with Gasteiger partial charge in [-0.2, -0.15) is 13.2 Å². The summed E-state index contributed by atoms with van der Waals surface area (Å²) >= 11 is 0. The van der Waals surface area contributed by atoms with E-state index in [2.05, 4.69) is 15.0 Å². The number of nitrogens with zero attached hydrogens (tertiary/aromatic N) is 4. The van der Waals surface area contributed by atoms with Crippen molar-refractivity contribution < 1.29 is 13.2 Å². The van der Waals surface area contributed by atoms with E-state index >= 15 is 0 Å². The van der Waals surface area contributed by atoms with E-state index in [0.29, 0.717) is 13.1 Å². The molecule has 21 heavy (non-hydrogen) atoms. The summed E-state index contributed by atoms with van der Waals surface area (Å²) in [6.07, 6.45) is 3.50. The number of hydrogen-bond donors (Lipinski definition) is 0. The van der Waals surface area contributed by atoms with Gasteiger partial charge in [0, 0.05) is 50.0 Å². The first-order valence-electron chi connectivity index (χ1n) is 6.58. The van der Waals surface area contributed by atoms with Crippen LogP contribution in [0.15, 0.2) is 37.1 Å². The Bertz CT molecular complexity index is 615. The molecule has 0 N–H and O–H groups in total. The zero-order valence-corrected chi connectivity index (χ0v) is 11.1. The van der Waals surface area contributed by atoms with Crippen molar-refractivity contribution in [1.29, 1.82) is 0 Å². The summed E-state index contributed by atoms with van der Waals surface area (Å²) in [5.41, 5.74) is 0.316. The van der Waals surface area contributed by atoms with Crippen LogP contribution in [-0.2, 0) is 6.18 Å². The van der Waals surface area contributed by atoms with E-state index in [-0.39, 0.29) is 11.6 Å². The molecule has 1 atom stereocenters. The molecule has 1 saturated heterocycles. The molecule has 0 amide bonds. The van der Waals surface area contributed by atoms with E-state index in [4.69, 9.17) is 0 Å². The lowest BCUT2D eigenvalue weighted by Crippen LogP contribution is -2.23. The molecule has 2 aromatic rings. The molecule has 0 radical (unpaired) electrons. The molecule has 110 valence electrons. The highest BCUT2D eigenvalue weighted by Gasteiger charge is 2.37. The van der Waals surface area contributed by atoms with E-state index in [9.17, 15) is 13.2 Å². The Labute approximate surface area is 119 Å². The summed E-state index contributed by atoms with van der Waals surface area (Å²) in [6.45, 7) is 1.07. The topological polar surface area (TPSA) is 41.9 Å². The predicted molar refractivity (Wildman–Crippen MR) is 70.8 cm³/mol. The summed E-state index contributed by atoms with van der Waals surface area (Å²) in [7, 11) is 0. The smallest absolute Gasteiger partial charge is 0.370 e. The minimum Gasteiger partial charge on any atom is -0.370 e. The van der Waals surface area contributed by atoms with Gasteiger partial charge in [0.15, 0.2) is 0 Å². The monoisotopic (exact) mass is 294 g/mol. The second-order valence-corrected chi connectivity index (χ2v) is 4.95. The summed E-state index contributed by atoms with van der Waals surface area (Å²) in [6, 6.07) is 1.42. The Kier molecular flexibility index (Phi) is 3.48. The molecule has 4 nitrogen and oxygen atoms in total. The van der Waals surface area contributed by atoms with Crippen LogP contribution in [-0.4, -0.2) is 28.0 Å². The minimum atomic E-state index is -4.39. The Morgan fingerprint density at radius 3 is 2.62 bits per heavy atom. The van der Waals surface area contributed by atoms with Crippen LogP contribution in [0.5, 0.6) is 0 Å². The van der Waals surface area contributed by atoms with E-state index in [1.54, 1.807) is 23.5 Å². The van der Waals surface area contributed by atoms with E-state index in [1.807, 2.05) is 0 Å². The highest BCUT2D eigenvalue weighted by atomic mass is 19.4. The molecular weight excluding hydrogens is 281 g/mol. The third-order valence-electron chi connectivity index (χ3n) is 3.63. The van der Waals surface area contributed by atoms with Crippen molar-refractivity contribution in [3.8, 4) is 0 Å². The van der Waals surface area contributed by atoms with Gasteiger partial charge in [0.05, 0.1) is 16.9 Å². The number of pyridine rings is 1. The molecule has 1 fully saturated rings. The maximum Gasteiger partial charge on any atom is 0.419 e. The Balaban J connectivity index is 1.84. The zero-order valence-electron chi connectivity index (χ0n) is 11.1. The molecule has 1 aliphatic rings. The molecule has 1 aliphatic heterocycles. The fourth-order valence-electron chi connectivity index (χ4n) is 2.62. The lowest BCUT2D eigenvalue weighted by molar-refractivity contribution is -0.137. The van der Waals surface area contributed by atoms with Crippen LogP contribution >= 0.6 is 0 Å². The second kappa shape index (κ2) is 5.31. The predicted octanol–water partition coefficient (Wildman–Crippen LogP) is 2.88. The Morgan fingerprint density at radius 1 is 1.10 bits per heavy atom. The first kappa shape index (κ1) is 13.8. The first-order chi connectivity index (χ1) is 10.1. The number of alkyl halides is 3. The molecular formula is C14H13F3N4. The third kappa shape index (κ3) is 2.81. The van der Waals surface area contributed by atoms with Crippen LogP contribution in [0.3, 0.4) is 0 Å². The lowest BCUT2D eigenvalue weighted by atomic mass is 10.1. The molecule has 3 rings (SSSR count). The zero-order chi connectivity index (χ0) is 14.9. The Morgan fingerprint density at radius 2 is 1.90 bits per heavy atom. The number of hydrogen-bond acceptors (Lipinski definition) is 4. The van der Waals surface area contributed by atoms with Gasteiger partial charge in [-0.25, -0.2) is 0 Å². The van der Waals surface area contributed by atoms with Gasteiger partial charge in [0.2, 0.25) is 0 Å². The number of aromatic nitrogens is 3. The van der Waals surface area contributed by atoms with Gasteiger partial charge < -0.3 is 4.90 Å². The largest absolute Gasteiger partial charge is 0.419 e. The summed E-state index contributed by atoms with van der Waals surface area (Å²) < 4.78 is 39.1. The molecule has 0 spiro atoms. The van der Waals surface area contributed by atoms with Crippen molar-refractivity contribution in [2.75, 3.05) is 18.0 Å². The molecule has 0 aliphatic carbocycles. The first-order valence-corrected chi connectivity index (χ1v) is 6.58. The maximum absolute atomic E-state index is 13.0. The van der Waals surface area contributed by atoms with Crippen molar-refractivity contribution in [2.45, 2.75) is 18.5 Å².